The molecule has 1 amide bonds. The molecule has 17 heavy (non-hydrogen) atoms. The molecule has 1 atom stereocenters. The van der Waals surface area contributed by atoms with Crippen LogP contribution in [0.15, 0.2) is 24.3 Å². The van der Waals surface area contributed by atoms with Gasteiger partial charge in [0.1, 0.15) is 0 Å². The van der Waals surface area contributed by atoms with Gasteiger partial charge in [-0.2, -0.15) is 0 Å². The van der Waals surface area contributed by atoms with Crippen molar-refractivity contribution in [3.63, 3.8) is 0 Å². The summed E-state index contributed by atoms with van der Waals surface area (Å²) >= 11 is 0. The van der Waals surface area contributed by atoms with E-state index in [-0.39, 0.29) is 24.3 Å². The Morgan fingerprint density at radius 3 is 2.71 bits per heavy atom. The van der Waals surface area contributed by atoms with Crippen LogP contribution in [0, 0.1) is 11.8 Å². The van der Waals surface area contributed by atoms with E-state index >= 15 is 0 Å². The van der Waals surface area contributed by atoms with Crippen LogP contribution in [0.1, 0.15) is 19.4 Å². The maximum Gasteiger partial charge on any atom is 0.229 e. The maximum absolute atomic E-state index is 11.9. The zero-order valence-corrected chi connectivity index (χ0v) is 10.3. The fourth-order valence-electron chi connectivity index (χ4n) is 1.66. The molecule has 0 aromatic heterocycles. The Morgan fingerprint density at radius 2 is 2.18 bits per heavy atom. The van der Waals surface area contributed by atoms with Gasteiger partial charge < -0.3 is 16.2 Å². The monoisotopic (exact) mass is 236 g/mol. The highest BCUT2D eigenvalue weighted by Crippen LogP contribution is 2.15. The molecule has 0 aliphatic heterocycles. The van der Waals surface area contributed by atoms with Crippen molar-refractivity contribution >= 4 is 11.6 Å². The number of nitrogens with one attached hydrogen (secondary N) is 1. The molecule has 1 rings (SSSR count). The normalized spacial score (nSPS) is 12.5. The molecule has 0 aliphatic rings. The van der Waals surface area contributed by atoms with Crippen LogP contribution in [0.3, 0.4) is 0 Å². The first-order valence-corrected chi connectivity index (χ1v) is 5.79. The van der Waals surface area contributed by atoms with E-state index in [1.165, 1.54) is 0 Å². The number of nitrogens with two attached hydrogens (primary N) is 1. The summed E-state index contributed by atoms with van der Waals surface area (Å²) in [5, 5.41) is 11.8. The lowest BCUT2D eigenvalue weighted by Gasteiger charge is -2.18. The number of aliphatic hydroxyl groups excluding tert-OH is 1. The molecule has 0 saturated heterocycles. The molecule has 0 heterocycles. The van der Waals surface area contributed by atoms with Crippen LogP contribution in [0.4, 0.5) is 5.69 Å². The number of carbonyl (C=O) groups is 1. The molecular formula is C13H20N2O2. The number of hydrogen-bond donors (Lipinski definition) is 3. The number of anilines is 1. The van der Waals surface area contributed by atoms with E-state index in [4.69, 9.17) is 10.8 Å². The number of benzene rings is 1. The lowest BCUT2D eigenvalue weighted by atomic mass is 9.95. The summed E-state index contributed by atoms with van der Waals surface area (Å²) in [7, 11) is 0. The van der Waals surface area contributed by atoms with Crippen molar-refractivity contribution in [2.45, 2.75) is 20.5 Å². The summed E-state index contributed by atoms with van der Waals surface area (Å²) in [5.74, 6) is -0.0496. The molecule has 1 unspecified atom stereocenters. The van der Waals surface area contributed by atoms with Crippen LogP contribution in [0.25, 0.3) is 0 Å². The number of carbonyl (C=O) groups excluding carboxylic acids is 1. The van der Waals surface area contributed by atoms with Gasteiger partial charge >= 0.3 is 0 Å². The van der Waals surface area contributed by atoms with Crippen LogP contribution in [0.5, 0.6) is 0 Å². The third-order valence-corrected chi connectivity index (χ3v) is 2.77. The second kappa shape index (κ2) is 6.37. The first kappa shape index (κ1) is 13.7. The van der Waals surface area contributed by atoms with Gasteiger partial charge in [0.2, 0.25) is 5.91 Å². The second-order valence-corrected chi connectivity index (χ2v) is 4.43. The van der Waals surface area contributed by atoms with Gasteiger partial charge in [-0.15, -0.1) is 0 Å². The fourth-order valence-corrected chi connectivity index (χ4v) is 1.66. The molecule has 0 saturated carbocycles. The van der Waals surface area contributed by atoms with Crippen LogP contribution in [-0.2, 0) is 11.4 Å². The van der Waals surface area contributed by atoms with Crippen molar-refractivity contribution in [3.8, 4) is 0 Å². The first-order chi connectivity index (χ1) is 8.08. The van der Waals surface area contributed by atoms with Crippen molar-refractivity contribution in [1.29, 1.82) is 0 Å². The van der Waals surface area contributed by atoms with E-state index in [0.717, 1.165) is 5.56 Å². The third kappa shape index (κ3) is 3.84. The van der Waals surface area contributed by atoms with E-state index in [1.807, 2.05) is 13.8 Å². The van der Waals surface area contributed by atoms with Crippen molar-refractivity contribution in [1.82, 2.24) is 0 Å². The molecule has 94 valence electrons. The quantitative estimate of drug-likeness (QED) is 0.722. The zero-order chi connectivity index (χ0) is 12.8. The molecule has 0 spiro atoms. The van der Waals surface area contributed by atoms with Gasteiger partial charge in [0.05, 0.1) is 12.5 Å². The molecule has 0 aliphatic carbocycles. The number of hydrogen-bond acceptors (Lipinski definition) is 3. The predicted octanol–water partition coefficient (Wildman–Crippen LogP) is 1.35. The second-order valence-electron chi connectivity index (χ2n) is 4.43. The van der Waals surface area contributed by atoms with Crippen LogP contribution >= 0.6 is 0 Å². The topological polar surface area (TPSA) is 75.4 Å². The van der Waals surface area contributed by atoms with Crippen LogP contribution in [-0.4, -0.2) is 17.6 Å². The van der Waals surface area contributed by atoms with Crippen molar-refractivity contribution in [3.05, 3.63) is 29.8 Å². The molecule has 4 heteroatoms. The fraction of sp³-hybridized carbons (Fsp3) is 0.462. The van der Waals surface area contributed by atoms with E-state index in [0.29, 0.717) is 12.2 Å². The highest BCUT2D eigenvalue weighted by atomic mass is 16.3. The Hall–Kier alpha value is -1.39. The summed E-state index contributed by atoms with van der Waals surface area (Å²) in [6.45, 7) is 4.25. The lowest BCUT2D eigenvalue weighted by molar-refractivity contribution is -0.120. The Morgan fingerprint density at radius 1 is 1.47 bits per heavy atom. The third-order valence-electron chi connectivity index (χ3n) is 2.77. The van der Waals surface area contributed by atoms with Gasteiger partial charge in [0.15, 0.2) is 0 Å². The van der Waals surface area contributed by atoms with E-state index in [2.05, 4.69) is 5.32 Å². The molecule has 1 aromatic rings. The van der Waals surface area contributed by atoms with Crippen molar-refractivity contribution in [2.75, 3.05) is 11.9 Å². The minimum absolute atomic E-state index is 0.0335. The summed E-state index contributed by atoms with van der Waals surface area (Å²) in [5.41, 5.74) is 7.05. The Kier molecular flexibility index (Phi) is 5.12. The highest BCUT2D eigenvalue weighted by molar-refractivity contribution is 5.92. The minimum Gasteiger partial charge on any atom is -0.392 e. The van der Waals surface area contributed by atoms with Gasteiger partial charge in [-0.05, 0) is 23.6 Å². The summed E-state index contributed by atoms with van der Waals surface area (Å²) < 4.78 is 0. The Balaban J connectivity index is 2.72. The molecule has 4 nitrogen and oxygen atoms in total. The molecule has 4 N–H and O–H groups in total. The molecule has 0 fully saturated rings. The van der Waals surface area contributed by atoms with E-state index < -0.39 is 0 Å². The maximum atomic E-state index is 11.9. The van der Waals surface area contributed by atoms with Crippen LogP contribution in [0.2, 0.25) is 0 Å². The van der Waals surface area contributed by atoms with Crippen molar-refractivity contribution < 1.29 is 9.90 Å². The number of rotatable bonds is 5. The smallest absolute Gasteiger partial charge is 0.229 e. The standard InChI is InChI=1S/C13H20N2O2/c1-9(2)12(7-14)13(17)15-11-5-3-4-10(6-11)8-16/h3-6,9,12,16H,7-8,14H2,1-2H3,(H,15,17). The highest BCUT2D eigenvalue weighted by Gasteiger charge is 2.20. The largest absolute Gasteiger partial charge is 0.392 e. The summed E-state index contributed by atoms with van der Waals surface area (Å²) in [6.07, 6.45) is 0. The molecule has 1 aromatic carbocycles. The SMILES string of the molecule is CC(C)C(CN)C(=O)Nc1cccc(CO)c1. The molecule has 0 radical (unpaired) electrons. The predicted molar refractivity (Wildman–Crippen MR) is 68.4 cm³/mol. The van der Waals surface area contributed by atoms with Gasteiger partial charge in [0, 0.05) is 12.2 Å². The Bertz CT molecular complexity index is 377. The molecular weight excluding hydrogens is 216 g/mol. The summed E-state index contributed by atoms with van der Waals surface area (Å²) in [4.78, 5) is 11.9. The average Bonchev–Trinajstić information content (AvgIpc) is 2.29. The van der Waals surface area contributed by atoms with Gasteiger partial charge in [-0.3, -0.25) is 4.79 Å². The van der Waals surface area contributed by atoms with E-state index in [9.17, 15) is 4.79 Å². The van der Waals surface area contributed by atoms with Gasteiger partial charge in [-0.25, -0.2) is 0 Å². The van der Waals surface area contributed by atoms with Crippen molar-refractivity contribution in [2.24, 2.45) is 17.6 Å². The first-order valence-electron chi connectivity index (χ1n) is 5.79. The van der Waals surface area contributed by atoms with Gasteiger partial charge in [-0.1, -0.05) is 26.0 Å². The zero-order valence-electron chi connectivity index (χ0n) is 10.3. The molecule has 0 bridgehead atoms. The average molecular weight is 236 g/mol. The Labute approximate surface area is 102 Å². The lowest BCUT2D eigenvalue weighted by Crippen LogP contribution is -2.33. The minimum atomic E-state index is -0.187. The van der Waals surface area contributed by atoms with E-state index in [1.54, 1.807) is 24.3 Å². The number of aliphatic hydroxyl groups is 1. The number of amides is 1. The van der Waals surface area contributed by atoms with Gasteiger partial charge in [0.25, 0.3) is 0 Å². The van der Waals surface area contributed by atoms with Crippen LogP contribution < -0.4 is 11.1 Å². The summed E-state index contributed by atoms with van der Waals surface area (Å²) in [6, 6.07) is 7.16.